The van der Waals surface area contributed by atoms with Gasteiger partial charge in [-0.25, -0.2) is 0 Å². The molecule has 0 spiro atoms. The predicted octanol–water partition coefficient (Wildman–Crippen LogP) is 2.22. The van der Waals surface area contributed by atoms with Gasteiger partial charge in [0.25, 0.3) is 0 Å². The Morgan fingerprint density at radius 1 is 1.40 bits per heavy atom. The molecule has 0 aliphatic carbocycles. The molecule has 1 aliphatic rings. The molecule has 0 amide bonds. The number of aldehydes is 1. The molecule has 1 aromatic carbocycles. The summed E-state index contributed by atoms with van der Waals surface area (Å²) in [5.74, 6) is 0.868. The van der Waals surface area contributed by atoms with Crippen LogP contribution in [0.3, 0.4) is 0 Å². The smallest absolute Gasteiger partial charge is 0.150 e. The fourth-order valence-corrected chi connectivity index (χ4v) is 2.62. The van der Waals surface area contributed by atoms with Crippen LogP contribution in [-0.4, -0.2) is 50.1 Å². The number of hydrogen-bond donors (Lipinski definition) is 0. The van der Waals surface area contributed by atoms with Crippen LogP contribution in [0.25, 0.3) is 0 Å². The number of hydrogen-bond acceptors (Lipinski definition) is 4. The van der Waals surface area contributed by atoms with Gasteiger partial charge in [-0.1, -0.05) is 6.92 Å². The van der Waals surface area contributed by atoms with Crippen molar-refractivity contribution >= 4 is 6.29 Å². The monoisotopic (exact) mass is 277 g/mol. The van der Waals surface area contributed by atoms with Gasteiger partial charge in [-0.2, -0.15) is 0 Å². The molecule has 1 fully saturated rings. The zero-order valence-corrected chi connectivity index (χ0v) is 12.5. The van der Waals surface area contributed by atoms with Gasteiger partial charge >= 0.3 is 0 Å². The molecule has 20 heavy (non-hydrogen) atoms. The third-order valence-electron chi connectivity index (χ3n) is 3.70. The number of aryl methyl sites for hydroxylation is 2. The minimum Gasteiger partial charge on any atom is -0.490 e. The van der Waals surface area contributed by atoms with Crippen LogP contribution in [0.5, 0.6) is 5.75 Å². The van der Waals surface area contributed by atoms with Crippen molar-refractivity contribution in [3.05, 3.63) is 28.8 Å². The maximum absolute atomic E-state index is 10.8. The number of benzene rings is 1. The van der Waals surface area contributed by atoms with Gasteiger partial charge in [0.05, 0.1) is 6.61 Å². The minimum absolute atomic E-state index is 0.119. The van der Waals surface area contributed by atoms with Crippen LogP contribution in [-0.2, 0) is 4.74 Å². The van der Waals surface area contributed by atoms with Gasteiger partial charge < -0.3 is 9.47 Å². The van der Waals surface area contributed by atoms with E-state index in [1.807, 2.05) is 26.0 Å². The van der Waals surface area contributed by atoms with Gasteiger partial charge in [0.1, 0.15) is 24.7 Å². The Kier molecular flexibility index (Phi) is 5.15. The maximum Gasteiger partial charge on any atom is 0.150 e. The lowest BCUT2D eigenvalue weighted by atomic mass is 10.1. The maximum atomic E-state index is 10.8. The summed E-state index contributed by atoms with van der Waals surface area (Å²) in [5.41, 5.74) is 2.68. The number of rotatable bonds is 5. The molecule has 1 aliphatic heterocycles. The molecular formula is C16H23NO3. The molecule has 0 N–H and O–H groups in total. The normalized spacial score (nSPS) is 19.9. The predicted molar refractivity (Wildman–Crippen MR) is 78.7 cm³/mol. The Bertz CT molecular complexity index is 450. The first-order valence-corrected chi connectivity index (χ1v) is 7.17. The molecule has 0 bridgehead atoms. The molecule has 1 atom stereocenters. The van der Waals surface area contributed by atoms with Crippen LogP contribution in [0, 0.1) is 13.8 Å². The van der Waals surface area contributed by atoms with E-state index in [4.69, 9.17) is 9.47 Å². The molecule has 0 radical (unpaired) electrons. The van der Waals surface area contributed by atoms with Gasteiger partial charge in [-0.15, -0.1) is 0 Å². The largest absolute Gasteiger partial charge is 0.490 e. The second-order valence-electron chi connectivity index (χ2n) is 5.30. The molecule has 0 saturated carbocycles. The van der Waals surface area contributed by atoms with Crippen LogP contribution in [0.1, 0.15) is 28.4 Å². The number of ether oxygens (including phenoxy) is 2. The van der Waals surface area contributed by atoms with Crippen molar-refractivity contribution in [3.63, 3.8) is 0 Å². The highest BCUT2D eigenvalue weighted by Gasteiger charge is 2.20. The Hall–Kier alpha value is -1.39. The molecule has 110 valence electrons. The van der Waals surface area contributed by atoms with E-state index in [0.717, 1.165) is 49.4 Å². The minimum atomic E-state index is 0.119. The summed E-state index contributed by atoms with van der Waals surface area (Å²) in [4.78, 5) is 13.2. The highest BCUT2D eigenvalue weighted by molar-refractivity contribution is 5.76. The summed E-state index contributed by atoms with van der Waals surface area (Å²) in [6.07, 6.45) is 0.987. The first kappa shape index (κ1) is 15.0. The van der Waals surface area contributed by atoms with Gasteiger partial charge in [0, 0.05) is 18.7 Å². The zero-order chi connectivity index (χ0) is 14.5. The average molecular weight is 277 g/mol. The highest BCUT2D eigenvalue weighted by atomic mass is 16.5. The topological polar surface area (TPSA) is 38.8 Å². The van der Waals surface area contributed by atoms with Gasteiger partial charge in [-0.3, -0.25) is 9.69 Å². The quantitative estimate of drug-likeness (QED) is 0.774. The lowest BCUT2D eigenvalue weighted by Gasteiger charge is -2.32. The van der Waals surface area contributed by atoms with Crippen molar-refractivity contribution in [2.45, 2.75) is 26.9 Å². The second kappa shape index (κ2) is 6.86. The molecule has 1 heterocycles. The second-order valence-corrected chi connectivity index (χ2v) is 5.30. The fourth-order valence-electron chi connectivity index (χ4n) is 2.62. The van der Waals surface area contributed by atoms with Crippen LogP contribution < -0.4 is 4.74 Å². The van der Waals surface area contributed by atoms with E-state index in [-0.39, 0.29) is 6.10 Å². The third-order valence-corrected chi connectivity index (χ3v) is 3.70. The number of nitrogens with zero attached hydrogens (tertiary/aromatic N) is 1. The molecule has 2 rings (SSSR count). The summed E-state index contributed by atoms with van der Waals surface area (Å²) < 4.78 is 11.7. The van der Waals surface area contributed by atoms with E-state index in [1.165, 1.54) is 0 Å². The lowest BCUT2D eigenvalue weighted by molar-refractivity contribution is -0.0465. The summed E-state index contributed by atoms with van der Waals surface area (Å²) >= 11 is 0. The van der Waals surface area contributed by atoms with Crippen molar-refractivity contribution in [3.8, 4) is 5.75 Å². The fraction of sp³-hybridized carbons (Fsp3) is 0.562. The Morgan fingerprint density at radius 2 is 2.10 bits per heavy atom. The molecule has 0 aromatic heterocycles. The number of likely N-dealkylation sites (N-methyl/N-ethyl adjacent to an activating group) is 1. The molecule has 1 saturated heterocycles. The van der Waals surface area contributed by atoms with E-state index < -0.39 is 0 Å². The van der Waals surface area contributed by atoms with Crippen molar-refractivity contribution in [2.75, 3.05) is 32.8 Å². The zero-order valence-electron chi connectivity index (χ0n) is 12.5. The molecular weight excluding hydrogens is 254 g/mol. The van der Waals surface area contributed by atoms with E-state index in [1.54, 1.807) is 0 Å². The Balaban J connectivity index is 1.98. The third kappa shape index (κ3) is 3.58. The number of morpholine rings is 1. The van der Waals surface area contributed by atoms with Gasteiger partial charge in [0.2, 0.25) is 0 Å². The van der Waals surface area contributed by atoms with Crippen molar-refractivity contribution in [1.82, 2.24) is 4.90 Å². The Morgan fingerprint density at radius 3 is 2.70 bits per heavy atom. The van der Waals surface area contributed by atoms with E-state index in [0.29, 0.717) is 12.2 Å². The SMILES string of the molecule is CCN1CCOC(COc2c(C)cc(C=O)cc2C)C1. The van der Waals surface area contributed by atoms with Crippen molar-refractivity contribution in [1.29, 1.82) is 0 Å². The van der Waals surface area contributed by atoms with Crippen LogP contribution in [0.2, 0.25) is 0 Å². The van der Waals surface area contributed by atoms with Crippen molar-refractivity contribution in [2.24, 2.45) is 0 Å². The number of carbonyl (C=O) groups is 1. The van der Waals surface area contributed by atoms with Crippen molar-refractivity contribution < 1.29 is 14.3 Å². The molecule has 1 unspecified atom stereocenters. The first-order chi connectivity index (χ1) is 9.63. The van der Waals surface area contributed by atoms with Gasteiger partial charge in [0.15, 0.2) is 0 Å². The van der Waals surface area contributed by atoms with Crippen LogP contribution >= 0.6 is 0 Å². The molecule has 4 nitrogen and oxygen atoms in total. The summed E-state index contributed by atoms with van der Waals surface area (Å²) in [5, 5.41) is 0. The molecule has 1 aromatic rings. The standard InChI is InChI=1S/C16H23NO3/c1-4-17-5-6-19-15(9-17)11-20-16-12(2)7-14(10-18)8-13(16)3/h7-8,10,15H,4-6,9,11H2,1-3H3. The lowest BCUT2D eigenvalue weighted by Crippen LogP contribution is -2.44. The van der Waals surface area contributed by atoms with Crippen LogP contribution in [0.15, 0.2) is 12.1 Å². The van der Waals surface area contributed by atoms with E-state index in [2.05, 4.69) is 11.8 Å². The van der Waals surface area contributed by atoms with Crippen LogP contribution in [0.4, 0.5) is 0 Å². The summed E-state index contributed by atoms with van der Waals surface area (Å²) in [6.45, 7) is 10.4. The molecule has 4 heteroatoms. The average Bonchev–Trinajstić information content (AvgIpc) is 2.46. The summed E-state index contributed by atoms with van der Waals surface area (Å²) in [7, 11) is 0. The van der Waals surface area contributed by atoms with Gasteiger partial charge in [-0.05, 0) is 43.7 Å². The highest BCUT2D eigenvalue weighted by Crippen LogP contribution is 2.24. The van der Waals surface area contributed by atoms with E-state index in [9.17, 15) is 4.79 Å². The summed E-state index contributed by atoms with van der Waals surface area (Å²) in [6, 6.07) is 3.71. The Labute approximate surface area is 120 Å². The number of carbonyl (C=O) groups excluding carboxylic acids is 1. The first-order valence-electron chi connectivity index (χ1n) is 7.17. The van der Waals surface area contributed by atoms with E-state index >= 15 is 0 Å².